The average molecular weight is 803 g/mol. The highest BCUT2D eigenvalue weighted by Crippen LogP contribution is 2.16. The Labute approximate surface area is 353 Å². The number of ether oxygens (including phenoxy) is 3. The van der Waals surface area contributed by atoms with Gasteiger partial charge in [0.05, 0.1) is 0 Å². The molecular weight excluding hydrogens is 709 g/mol. The van der Waals surface area contributed by atoms with Crippen molar-refractivity contribution in [2.75, 3.05) is 13.2 Å². The summed E-state index contributed by atoms with van der Waals surface area (Å²) in [4.78, 5) is 37.8. The highest BCUT2D eigenvalue weighted by atomic mass is 16.6. The Balaban J connectivity index is 4.35. The molecule has 0 aliphatic rings. The molecule has 0 saturated carbocycles. The van der Waals surface area contributed by atoms with E-state index < -0.39 is 6.10 Å². The van der Waals surface area contributed by atoms with Crippen LogP contribution in [0.1, 0.15) is 265 Å². The van der Waals surface area contributed by atoms with E-state index >= 15 is 0 Å². The molecule has 0 radical (unpaired) electrons. The standard InChI is InChI=1S/C51H94O6/c1-4-7-10-13-16-19-22-24-25-27-29-32-35-38-41-44-50(53)56-47-48(46-55-49(52)43-40-37-34-31-28-21-18-15-12-9-6-3)57-51(54)45-42-39-36-33-30-26-23-20-17-14-11-8-5-2/h15,18,21,28,48H,4-14,16-17,19-20,22-27,29-47H2,1-3H3/b18-15-,28-21-. The summed E-state index contributed by atoms with van der Waals surface area (Å²) in [5.74, 6) is -0.893. The molecule has 0 aromatic carbocycles. The first kappa shape index (κ1) is 54.9. The highest BCUT2D eigenvalue weighted by molar-refractivity contribution is 5.71. The van der Waals surface area contributed by atoms with E-state index in [-0.39, 0.29) is 31.1 Å². The fraction of sp³-hybridized carbons (Fsp3) is 0.863. The molecule has 0 aromatic rings. The monoisotopic (exact) mass is 803 g/mol. The third-order valence-electron chi connectivity index (χ3n) is 11.0. The maximum absolute atomic E-state index is 12.7. The van der Waals surface area contributed by atoms with Gasteiger partial charge in [-0.3, -0.25) is 14.4 Å². The maximum atomic E-state index is 12.7. The Bertz CT molecular complexity index is 927. The quantitative estimate of drug-likeness (QED) is 0.0264. The van der Waals surface area contributed by atoms with Gasteiger partial charge in [0.15, 0.2) is 6.10 Å². The highest BCUT2D eigenvalue weighted by Gasteiger charge is 2.19. The zero-order valence-electron chi connectivity index (χ0n) is 38.1. The van der Waals surface area contributed by atoms with Crippen molar-refractivity contribution < 1.29 is 28.6 Å². The van der Waals surface area contributed by atoms with E-state index in [0.29, 0.717) is 19.3 Å². The van der Waals surface area contributed by atoms with E-state index in [4.69, 9.17) is 14.2 Å². The Kier molecular flexibility index (Phi) is 44.9. The molecule has 0 fully saturated rings. The van der Waals surface area contributed by atoms with Crippen LogP contribution in [0.2, 0.25) is 0 Å². The molecule has 0 bridgehead atoms. The minimum atomic E-state index is -0.774. The molecule has 1 atom stereocenters. The van der Waals surface area contributed by atoms with Crippen LogP contribution in [-0.4, -0.2) is 37.2 Å². The molecule has 0 spiro atoms. The van der Waals surface area contributed by atoms with Crippen LogP contribution in [0.25, 0.3) is 0 Å². The second-order valence-corrected chi connectivity index (χ2v) is 16.8. The zero-order chi connectivity index (χ0) is 41.5. The Morgan fingerprint density at radius 1 is 0.351 bits per heavy atom. The van der Waals surface area contributed by atoms with Crippen LogP contribution in [0, 0.1) is 0 Å². The molecule has 334 valence electrons. The van der Waals surface area contributed by atoms with Gasteiger partial charge >= 0.3 is 17.9 Å². The first-order valence-corrected chi connectivity index (χ1v) is 24.9. The summed E-state index contributed by atoms with van der Waals surface area (Å²) in [6.45, 7) is 6.58. The van der Waals surface area contributed by atoms with Gasteiger partial charge in [-0.1, -0.05) is 231 Å². The average Bonchev–Trinajstić information content (AvgIpc) is 3.21. The van der Waals surface area contributed by atoms with E-state index in [1.54, 1.807) is 0 Å². The van der Waals surface area contributed by atoms with E-state index in [1.165, 1.54) is 154 Å². The van der Waals surface area contributed by atoms with Crippen LogP contribution >= 0.6 is 0 Å². The third kappa shape index (κ3) is 44.8. The number of unbranched alkanes of at least 4 members (excludes halogenated alkanes) is 31. The first-order valence-electron chi connectivity index (χ1n) is 24.9. The molecule has 0 aliphatic carbocycles. The van der Waals surface area contributed by atoms with Crippen molar-refractivity contribution in [3.8, 4) is 0 Å². The van der Waals surface area contributed by atoms with Gasteiger partial charge in [0, 0.05) is 19.3 Å². The van der Waals surface area contributed by atoms with Crippen LogP contribution in [0.5, 0.6) is 0 Å². The summed E-state index contributed by atoms with van der Waals surface area (Å²) < 4.78 is 16.7. The lowest BCUT2D eigenvalue weighted by Gasteiger charge is -2.18. The Morgan fingerprint density at radius 2 is 0.632 bits per heavy atom. The summed E-state index contributed by atoms with van der Waals surface area (Å²) in [6.07, 6.45) is 51.6. The molecule has 0 aromatic heterocycles. The minimum Gasteiger partial charge on any atom is -0.462 e. The number of hydrogen-bond donors (Lipinski definition) is 0. The molecule has 1 unspecified atom stereocenters. The number of carbonyl (C=O) groups excluding carboxylic acids is 3. The van der Waals surface area contributed by atoms with Crippen molar-refractivity contribution in [3.05, 3.63) is 24.3 Å². The van der Waals surface area contributed by atoms with Gasteiger partial charge in [0.2, 0.25) is 0 Å². The van der Waals surface area contributed by atoms with Gasteiger partial charge in [0.25, 0.3) is 0 Å². The van der Waals surface area contributed by atoms with Crippen LogP contribution < -0.4 is 0 Å². The molecule has 6 nitrogen and oxygen atoms in total. The van der Waals surface area contributed by atoms with E-state index in [0.717, 1.165) is 70.6 Å². The molecule has 6 heteroatoms. The second-order valence-electron chi connectivity index (χ2n) is 16.8. The van der Waals surface area contributed by atoms with Crippen molar-refractivity contribution in [2.24, 2.45) is 0 Å². The van der Waals surface area contributed by atoms with Crippen LogP contribution in [0.3, 0.4) is 0 Å². The van der Waals surface area contributed by atoms with Gasteiger partial charge in [-0.15, -0.1) is 0 Å². The second kappa shape index (κ2) is 46.6. The lowest BCUT2D eigenvalue weighted by molar-refractivity contribution is -0.167. The summed E-state index contributed by atoms with van der Waals surface area (Å²) in [5.41, 5.74) is 0. The molecule has 0 rings (SSSR count). The maximum Gasteiger partial charge on any atom is 0.306 e. The summed E-state index contributed by atoms with van der Waals surface area (Å²) in [5, 5.41) is 0. The lowest BCUT2D eigenvalue weighted by atomic mass is 10.0. The largest absolute Gasteiger partial charge is 0.462 e. The summed E-state index contributed by atoms with van der Waals surface area (Å²) >= 11 is 0. The van der Waals surface area contributed by atoms with Gasteiger partial charge in [0.1, 0.15) is 13.2 Å². The molecular formula is C51H94O6. The van der Waals surface area contributed by atoms with E-state index in [2.05, 4.69) is 45.1 Å². The van der Waals surface area contributed by atoms with Crippen LogP contribution in [0.4, 0.5) is 0 Å². The van der Waals surface area contributed by atoms with Crippen LogP contribution in [0.15, 0.2) is 24.3 Å². The molecule has 0 aliphatic heterocycles. The van der Waals surface area contributed by atoms with Crippen molar-refractivity contribution in [1.82, 2.24) is 0 Å². The third-order valence-corrected chi connectivity index (χ3v) is 11.0. The summed E-state index contributed by atoms with van der Waals surface area (Å²) in [7, 11) is 0. The molecule has 0 amide bonds. The summed E-state index contributed by atoms with van der Waals surface area (Å²) in [6, 6.07) is 0. The molecule has 57 heavy (non-hydrogen) atoms. The number of esters is 3. The van der Waals surface area contributed by atoms with Gasteiger partial charge in [-0.05, 0) is 38.5 Å². The number of hydrogen-bond acceptors (Lipinski definition) is 6. The van der Waals surface area contributed by atoms with Crippen molar-refractivity contribution in [2.45, 2.75) is 271 Å². The van der Waals surface area contributed by atoms with Gasteiger partial charge < -0.3 is 14.2 Å². The molecule has 0 saturated heterocycles. The predicted molar refractivity (Wildman–Crippen MR) is 243 cm³/mol. The van der Waals surface area contributed by atoms with Crippen LogP contribution in [-0.2, 0) is 28.6 Å². The first-order chi connectivity index (χ1) is 28.0. The molecule has 0 heterocycles. The fourth-order valence-corrected chi connectivity index (χ4v) is 7.18. The minimum absolute atomic E-state index is 0.0750. The van der Waals surface area contributed by atoms with E-state index in [9.17, 15) is 14.4 Å². The predicted octanol–water partition coefficient (Wildman–Crippen LogP) is 16.0. The van der Waals surface area contributed by atoms with E-state index in [1.807, 2.05) is 0 Å². The number of rotatable bonds is 45. The Morgan fingerprint density at radius 3 is 0.982 bits per heavy atom. The van der Waals surface area contributed by atoms with Gasteiger partial charge in [-0.2, -0.15) is 0 Å². The lowest BCUT2D eigenvalue weighted by Crippen LogP contribution is -2.30. The fourth-order valence-electron chi connectivity index (χ4n) is 7.18. The smallest absolute Gasteiger partial charge is 0.306 e. The molecule has 0 N–H and O–H groups in total. The van der Waals surface area contributed by atoms with Crippen molar-refractivity contribution in [3.63, 3.8) is 0 Å². The normalized spacial score (nSPS) is 12.1. The topological polar surface area (TPSA) is 78.9 Å². The van der Waals surface area contributed by atoms with Gasteiger partial charge in [-0.25, -0.2) is 0 Å². The zero-order valence-corrected chi connectivity index (χ0v) is 38.1. The van der Waals surface area contributed by atoms with Crippen molar-refractivity contribution >= 4 is 17.9 Å². The number of carbonyl (C=O) groups is 3. The number of allylic oxidation sites excluding steroid dienone is 4. The SMILES string of the molecule is CCCC/C=C\C=C/CCCCCC(=O)OCC(COC(=O)CCCCCCCCCCCCCCCCC)OC(=O)CCCCCCCCCCCCCCC. The van der Waals surface area contributed by atoms with Crippen molar-refractivity contribution in [1.29, 1.82) is 0 Å². The Hall–Kier alpha value is -2.11.